The van der Waals surface area contributed by atoms with Gasteiger partial charge < -0.3 is 10.1 Å². The van der Waals surface area contributed by atoms with Crippen molar-refractivity contribution in [2.75, 3.05) is 11.9 Å². The number of nitrogens with zero attached hydrogens (tertiary/aromatic N) is 2. The van der Waals surface area contributed by atoms with Gasteiger partial charge in [-0.2, -0.15) is 0 Å². The highest BCUT2D eigenvalue weighted by Crippen LogP contribution is 2.23. The summed E-state index contributed by atoms with van der Waals surface area (Å²) >= 11 is 1.37. The lowest BCUT2D eigenvalue weighted by Crippen LogP contribution is -2.17. The summed E-state index contributed by atoms with van der Waals surface area (Å²) in [6.07, 6.45) is 3.22. The molecule has 0 saturated heterocycles. The van der Waals surface area contributed by atoms with Gasteiger partial charge in [-0.1, -0.05) is 0 Å². The van der Waals surface area contributed by atoms with E-state index in [0.29, 0.717) is 5.69 Å². The quantitative estimate of drug-likeness (QED) is 0.472. The van der Waals surface area contributed by atoms with E-state index in [0.717, 1.165) is 16.6 Å². The van der Waals surface area contributed by atoms with E-state index >= 15 is 0 Å². The highest BCUT2D eigenvalue weighted by atomic mass is 32.1. The molecule has 7 nitrogen and oxygen atoms in total. The SMILES string of the molecule is CC(=O)Nc1ccc(C(=O)COC(=O)Cc2csc(-c3cccnc3)n2)c(F)c1. The number of ether oxygens (including phenoxy) is 1. The summed E-state index contributed by atoms with van der Waals surface area (Å²) in [4.78, 5) is 43.5. The number of pyridine rings is 1. The molecule has 0 saturated carbocycles. The molecule has 1 aromatic carbocycles. The van der Waals surface area contributed by atoms with Gasteiger partial charge in [-0.05, 0) is 30.3 Å². The normalized spacial score (nSPS) is 10.4. The molecule has 0 unspecified atom stereocenters. The molecule has 3 aromatic rings. The molecule has 9 heteroatoms. The van der Waals surface area contributed by atoms with Gasteiger partial charge in [0.1, 0.15) is 10.8 Å². The molecule has 0 atom stereocenters. The maximum absolute atomic E-state index is 14.1. The topological polar surface area (TPSA) is 98.2 Å². The molecule has 29 heavy (non-hydrogen) atoms. The van der Waals surface area contributed by atoms with Gasteiger partial charge in [0, 0.05) is 35.9 Å². The van der Waals surface area contributed by atoms with E-state index in [2.05, 4.69) is 15.3 Å². The second-order valence-electron chi connectivity index (χ2n) is 6.02. The highest BCUT2D eigenvalue weighted by molar-refractivity contribution is 7.13. The van der Waals surface area contributed by atoms with Gasteiger partial charge in [-0.15, -0.1) is 11.3 Å². The van der Waals surface area contributed by atoms with Crippen LogP contribution in [-0.2, 0) is 20.7 Å². The number of hydrogen-bond acceptors (Lipinski definition) is 7. The summed E-state index contributed by atoms with van der Waals surface area (Å²) in [6, 6.07) is 7.31. The molecule has 0 radical (unpaired) electrons. The van der Waals surface area contributed by atoms with Gasteiger partial charge in [0.15, 0.2) is 6.61 Å². The van der Waals surface area contributed by atoms with E-state index in [-0.39, 0.29) is 23.6 Å². The Morgan fingerprint density at radius 1 is 1.24 bits per heavy atom. The second kappa shape index (κ2) is 9.16. The number of benzene rings is 1. The maximum Gasteiger partial charge on any atom is 0.312 e. The average molecular weight is 413 g/mol. The Bertz CT molecular complexity index is 1050. The Kier molecular flexibility index (Phi) is 6.40. The third-order valence-electron chi connectivity index (χ3n) is 3.74. The van der Waals surface area contributed by atoms with E-state index in [4.69, 9.17) is 4.74 Å². The van der Waals surface area contributed by atoms with Crippen LogP contribution in [0.4, 0.5) is 10.1 Å². The van der Waals surface area contributed by atoms with E-state index in [9.17, 15) is 18.8 Å². The van der Waals surface area contributed by atoms with Crippen LogP contribution in [0.25, 0.3) is 10.6 Å². The zero-order valence-electron chi connectivity index (χ0n) is 15.3. The second-order valence-corrected chi connectivity index (χ2v) is 6.88. The minimum Gasteiger partial charge on any atom is -0.457 e. The molecule has 0 bridgehead atoms. The van der Waals surface area contributed by atoms with Crippen LogP contribution in [0.2, 0.25) is 0 Å². The number of anilines is 1. The van der Waals surface area contributed by atoms with Crippen LogP contribution < -0.4 is 5.32 Å². The van der Waals surface area contributed by atoms with Crippen molar-refractivity contribution < 1.29 is 23.5 Å². The molecule has 148 valence electrons. The number of carbonyl (C=O) groups excluding carboxylic acids is 3. The first-order valence-electron chi connectivity index (χ1n) is 8.53. The molecule has 2 aromatic heterocycles. The number of carbonyl (C=O) groups is 3. The van der Waals surface area contributed by atoms with Gasteiger partial charge in [-0.3, -0.25) is 19.4 Å². The van der Waals surface area contributed by atoms with E-state index < -0.39 is 24.2 Å². The monoisotopic (exact) mass is 413 g/mol. The molecule has 1 amide bonds. The van der Waals surface area contributed by atoms with Gasteiger partial charge in [0.25, 0.3) is 0 Å². The molecular formula is C20H16FN3O4S. The number of thiazole rings is 1. The van der Waals surface area contributed by atoms with Crippen molar-refractivity contribution in [2.45, 2.75) is 13.3 Å². The van der Waals surface area contributed by atoms with Crippen molar-refractivity contribution in [3.8, 4) is 10.6 Å². The number of rotatable bonds is 7. The summed E-state index contributed by atoms with van der Waals surface area (Å²) in [5, 5.41) is 4.87. The Balaban J connectivity index is 1.55. The first-order valence-corrected chi connectivity index (χ1v) is 9.41. The summed E-state index contributed by atoms with van der Waals surface area (Å²) in [5.41, 5.74) is 1.36. The molecule has 1 N–H and O–H groups in total. The summed E-state index contributed by atoms with van der Waals surface area (Å²) in [5.74, 6) is -2.49. The zero-order chi connectivity index (χ0) is 20.8. The summed E-state index contributed by atoms with van der Waals surface area (Å²) in [7, 11) is 0. The van der Waals surface area contributed by atoms with E-state index in [1.54, 1.807) is 23.8 Å². The molecule has 3 rings (SSSR count). The minimum absolute atomic E-state index is 0.103. The Morgan fingerprint density at radius 2 is 2.07 bits per heavy atom. The van der Waals surface area contributed by atoms with E-state index in [1.165, 1.54) is 30.4 Å². The van der Waals surface area contributed by atoms with Crippen LogP contribution in [-0.4, -0.2) is 34.2 Å². The van der Waals surface area contributed by atoms with Crippen molar-refractivity contribution in [3.63, 3.8) is 0 Å². The van der Waals surface area contributed by atoms with Crippen LogP contribution >= 0.6 is 11.3 Å². The van der Waals surface area contributed by atoms with Gasteiger partial charge in [0.2, 0.25) is 11.7 Å². The fourth-order valence-corrected chi connectivity index (χ4v) is 3.27. The Morgan fingerprint density at radius 3 is 2.76 bits per heavy atom. The van der Waals surface area contributed by atoms with Gasteiger partial charge in [0.05, 0.1) is 17.7 Å². The molecule has 2 heterocycles. The lowest BCUT2D eigenvalue weighted by Gasteiger charge is -2.07. The first-order chi connectivity index (χ1) is 13.9. The van der Waals surface area contributed by atoms with Crippen LogP contribution in [0.1, 0.15) is 23.0 Å². The minimum atomic E-state index is -0.807. The number of esters is 1. The number of nitrogens with one attached hydrogen (secondary N) is 1. The average Bonchev–Trinajstić information content (AvgIpc) is 3.15. The van der Waals surface area contributed by atoms with Gasteiger partial charge >= 0.3 is 5.97 Å². The molecule has 0 aliphatic heterocycles. The summed E-state index contributed by atoms with van der Waals surface area (Å²) in [6.45, 7) is 0.702. The molecule has 0 spiro atoms. The number of halogens is 1. The summed E-state index contributed by atoms with van der Waals surface area (Å²) < 4.78 is 19.0. The predicted octanol–water partition coefficient (Wildman–Crippen LogP) is 3.27. The van der Waals surface area contributed by atoms with Crippen molar-refractivity contribution in [3.05, 3.63) is 65.2 Å². The fraction of sp³-hybridized carbons (Fsp3) is 0.150. The highest BCUT2D eigenvalue weighted by Gasteiger charge is 2.16. The number of ketones is 1. The zero-order valence-corrected chi connectivity index (χ0v) is 16.2. The molecule has 0 fully saturated rings. The Labute approximate surface area is 169 Å². The van der Waals surface area contributed by atoms with Crippen molar-refractivity contribution in [1.82, 2.24) is 9.97 Å². The first kappa shape index (κ1) is 20.3. The molecular weight excluding hydrogens is 397 g/mol. The maximum atomic E-state index is 14.1. The van der Waals surface area contributed by atoms with Crippen LogP contribution in [0.5, 0.6) is 0 Å². The molecule has 0 aliphatic rings. The number of hydrogen-bond donors (Lipinski definition) is 1. The standard InChI is InChI=1S/C20H16FN3O4S/c1-12(25)23-14-4-5-16(17(21)7-14)18(26)10-28-19(27)8-15-11-29-20(24-15)13-3-2-6-22-9-13/h2-7,9,11H,8,10H2,1H3,(H,23,25). The predicted molar refractivity (Wildman–Crippen MR) is 105 cm³/mol. The van der Waals surface area contributed by atoms with Gasteiger partial charge in [-0.25, -0.2) is 9.37 Å². The Hall–Kier alpha value is -3.46. The third-order valence-corrected chi connectivity index (χ3v) is 4.68. The molecule has 0 aliphatic carbocycles. The van der Waals surface area contributed by atoms with Crippen LogP contribution in [0, 0.1) is 5.82 Å². The van der Waals surface area contributed by atoms with Crippen molar-refractivity contribution in [2.24, 2.45) is 0 Å². The lowest BCUT2D eigenvalue weighted by molar-refractivity contribution is -0.141. The smallest absolute Gasteiger partial charge is 0.312 e. The van der Waals surface area contributed by atoms with Crippen molar-refractivity contribution >= 4 is 34.7 Å². The lowest BCUT2D eigenvalue weighted by atomic mass is 10.1. The largest absolute Gasteiger partial charge is 0.457 e. The number of Topliss-reactive ketones (excluding diaryl/α,β-unsaturated/α-hetero) is 1. The number of amides is 1. The fourth-order valence-electron chi connectivity index (χ4n) is 2.45. The van der Waals surface area contributed by atoms with Crippen LogP contribution in [0.3, 0.4) is 0 Å². The van der Waals surface area contributed by atoms with Crippen molar-refractivity contribution in [1.29, 1.82) is 0 Å². The van der Waals surface area contributed by atoms with Crippen LogP contribution in [0.15, 0.2) is 48.1 Å². The third kappa shape index (κ3) is 5.52. The number of aromatic nitrogens is 2. The van der Waals surface area contributed by atoms with E-state index in [1.807, 2.05) is 6.07 Å².